The van der Waals surface area contributed by atoms with Crippen molar-refractivity contribution in [3.05, 3.63) is 22.8 Å². The Bertz CT molecular complexity index is 337. The molecule has 1 aliphatic rings. The first-order valence-electron chi connectivity index (χ1n) is 5.30. The highest BCUT2D eigenvalue weighted by Gasteiger charge is 2.17. The second kappa shape index (κ2) is 4.81. The standard InChI is InChI=1S/C11H15ClN2O/c12-10-7-14-11(5-8(10)6-13)15-9-3-1-2-4-9/h5,7,9H,1-4,6,13H2. The van der Waals surface area contributed by atoms with E-state index in [9.17, 15) is 0 Å². The van der Waals surface area contributed by atoms with Crippen molar-refractivity contribution in [3.63, 3.8) is 0 Å². The number of nitrogens with two attached hydrogens (primary N) is 1. The van der Waals surface area contributed by atoms with Crippen LogP contribution in [0.1, 0.15) is 31.2 Å². The Morgan fingerprint density at radius 2 is 2.20 bits per heavy atom. The minimum Gasteiger partial charge on any atom is -0.474 e. The molecule has 0 spiro atoms. The Labute approximate surface area is 94.6 Å². The van der Waals surface area contributed by atoms with E-state index in [0.717, 1.165) is 18.4 Å². The van der Waals surface area contributed by atoms with Crippen LogP contribution in [0.5, 0.6) is 5.88 Å². The van der Waals surface area contributed by atoms with E-state index in [1.807, 2.05) is 6.07 Å². The monoisotopic (exact) mass is 226 g/mol. The largest absolute Gasteiger partial charge is 0.474 e. The van der Waals surface area contributed by atoms with Crippen molar-refractivity contribution in [2.45, 2.75) is 38.3 Å². The average Bonchev–Trinajstić information content (AvgIpc) is 2.73. The Morgan fingerprint density at radius 3 is 2.87 bits per heavy atom. The van der Waals surface area contributed by atoms with E-state index in [4.69, 9.17) is 22.1 Å². The van der Waals surface area contributed by atoms with Crippen molar-refractivity contribution >= 4 is 11.6 Å². The van der Waals surface area contributed by atoms with E-state index in [1.165, 1.54) is 12.8 Å². The number of ether oxygens (including phenoxy) is 1. The Hall–Kier alpha value is -0.800. The van der Waals surface area contributed by atoms with Gasteiger partial charge in [0, 0.05) is 18.8 Å². The van der Waals surface area contributed by atoms with E-state index >= 15 is 0 Å². The number of aromatic nitrogens is 1. The summed E-state index contributed by atoms with van der Waals surface area (Å²) in [7, 11) is 0. The fraction of sp³-hybridized carbons (Fsp3) is 0.545. The van der Waals surface area contributed by atoms with Crippen molar-refractivity contribution in [2.24, 2.45) is 5.73 Å². The number of hydrogen-bond donors (Lipinski definition) is 1. The molecule has 4 heteroatoms. The van der Waals surface area contributed by atoms with Crippen LogP contribution in [0.2, 0.25) is 5.02 Å². The predicted octanol–water partition coefficient (Wildman–Crippen LogP) is 2.52. The third-order valence-corrected chi connectivity index (χ3v) is 3.06. The lowest BCUT2D eigenvalue weighted by atomic mass is 10.2. The minimum absolute atomic E-state index is 0.323. The molecule has 1 aromatic heterocycles. The molecule has 1 saturated carbocycles. The highest BCUT2D eigenvalue weighted by atomic mass is 35.5. The fourth-order valence-electron chi connectivity index (χ4n) is 1.86. The molecule has 1 aromatic rings. The van der Waals surface area contributed by atoms with Gasteiger partial charge in [-0.3, -0.25) is 0 Å². The third kappa shape index (κ3) is 2.61. The topological polar surface area (TPSA) is 48.1 Å². The van der Waals surface area contributed by atoms with Crippen LogP contribution in [0, 0.1) is 0 Å². The summed E-state index contributed by atoms with van der Waals surface area (Å²) in [4.78, 5) is 4.14. The molecule has 0 saturated heterocycles. The smallest absolute Gasteiger partial charge is 0.213 e. The van der Waals surface area contributed by atoms with Crippen molar-refractivity contribution in [3.8, 4) is 5.88 Å². The number of halogens is 1. The molecule has 2 N–H and O–H groups in total. The van der Waals surface area contributed by atoms with Gasteiger partial charge in [-0.05, 0) is 31.2 Å². The van der Waals surface area contributed by atoms with E-state index < -0.39 is 0 Å². The summed E-state index contributed by atoms with van der Waals surface area (Å²) in [6.07, 6.45) is 6.69. The van der Waals surface area contributed by atoms with Gasteiger partial charge >= 0.3 is 0 Å². The van der Waals surface area contributed by atoms with Gasteiger partial charge in [0.05, 0.1) is 5.02 Å². The van der Waals surface area contributed by atoms with Crippen LogP contribution in [-0.2, 0) is 6.54 Å². The summed E-state index contributed by atoms with van der Waals surface area (Å²) < 4.78 is 5.75. The van der Waals surface area contributed by atoms with Crippen LogP contribution in [0.15, 0.2) is 12.3 Å². The molecule has 2 rings (SSSR count). The van der Waals surface area contributed by atoms with E-state index in [2.05, 4.69) is 4.98 Å². The van der Waals surface area contributed by atoms with E-state index in [0.29, 0.717) is 23.6 Å². The lowest BCUT2D eigenvalue weighted by Crippen LogP contribution is -2.12. The summed E-state index contributed by atoms with van der Waals surface area (Å²) in [5.74, 6) is 0.645. The molecule has 0 bridgehead atoms. The summed E-state index contributed by atoms with van der Waals surface area (Å²) in [5, 5.41) is 0.608. The van der Waals surface area contributed by atoms with E-state index in [1.54, 1.807) is 6.20 Å². The molecule has 0 aliphatic heterocycles. The number of pyridine rings is 1. The van der Waals surface area contributed by atoms with Crippen molar-refractivity contribution in [2.75, 3.05) is 0 Å². The molecule has 1 fully saturated rings. The van der Waals surface area contributed by atoms with Crippen LogP contribution in [0.4, 0.5) is 0 Å². The zero-order valence-electron chi connectivity index (χ0n) is 8.58. The second-order valence-electron chi connectivity index (χ2n) is 3.84. The zero-order valence-corrected chi connectivity index (χ0v) is 9.33. The molecule has 3 nitrogen and oxygen atoms in total. The Morgan fingerprint density at radius 1 is 1.47 bits per heavy atom. The molecule has 0 radical (unpaired) electrons. The van der Waals surface area contributed by atoms with Crippen molar-refractivity contribution in [1.29, 1.82) is 0 Å². The van der Waals surface area contributed by atoms with Crippen LogP contribution in [-0.4, -0.2) is 11.1 Å². The second-order valence-corrected chi connectivity index (χ2v) is 4.25. The molecule has 0 aromatic carbocycles. The molecule has 82 valence electrons. The lowest BCUT2D eigenvalue weighted by molar-refractivity contribution is 0.201. The summed E-state index contributed by atoms with van der Waals surface area (Å²) in [6.45, 7) is 0.419. The zero-order chi connectivity index (χ0) is 10.7. The first kappa shape index (κ1) is 10.7. The van der Waals surface area contributed by atoms with Crippen LogP contribution >= 0.6 is 11.6 Å². The number of nitrogens with zero attached hydrogens (tertiary/aromatic N) is 1. The number of hydrogen-bond acceptors (Lipinski definition) is 3. The normalized spacial score (nSPS) is 16.9. The molecule has 1 heterocycles. The third-order valence-electron chi connectivity index (χ3n) is 2.72. The molecular weight excluding hydrogens is 212 g/mol. The first-order valence-corrected chi connectivity index (χ1v) is 5.68. The molecular formula is C11H15ClN2O. The van der Waals surface area contributed by atoms with Gasteiger partial charge in [-0.2, -0.15) is 0 Å². The Kier molecular flexibility index (Phi) is 3.44. The van der Waals surface area contributed by atoms with Gasteiger partial charge in [-0.15, -0.1) is 0 Å². The number of rotatable bonds is 3. The summed E-state index contributed by atoms with van der Waals surface area (Å²) in [6, 6.07) is 1.83. The maximum atomic E-state index is 5.91. The highest BCUT2D eigenvalue weighted by Crippen LogP contribution is 2.25. The summed E-state index contributed by atoms with van der Waals surface area (Å²) in [5.41, 5.74) is 6.45. The molecule has 0 atom stereocenters. The SMILES string of the molecule is NCc1cc(OC2CCCC2)ncc1Cl. The van der Waals surface area contributed by atoms with Crippen LogP contribution in [0.3, 0.4) is 0 Å². The van der Waals surface area contributed by atoms with Gasteiger partial charge in [0.2, 0.25) is 5.88 Å². The van der Waals surface area contributed by atoms with Crippen LogP contribution in [0.25, 0.3) is 0 Å². The van der Waals surface area contributed by atoms with Crippen LogP contribution < -0.4 is 10.5 Å². The highest BCUT2D eigenvalue weighted by molar-refractivity contribution is 6.31. The van der Waals surface area contributed by atoms with Gasteiger partial charge in [0.25, 0.3) is 0 Å². The van der Waals surface area contributed by atoms with Gasteiger partial charge in [0.15, 0.2) is 0 Å². The van der Waals surface area contributed by atoms with Crippen molar-refractivity contribution in [1.82, 2.24) is 4.98 Å². The lowest BCUT2D eigenvalue weighted by Gasteiger charge is -2.12. The quantitative estimate of drug-likeness (QED) is 0.862. The van der Waals surface area contributed by atoms with Crippen molar-refractivity contribution < 1.29 is 4.74 Å². The maximum absolute atomic E-state index is 5.91. The minimum atomic E-state index is 0.323. The molecule has 0 amide bonds. The summed E-state index contributed by atoms with van der Waals surface area (Å²) >= 11 is 5.91. The fourth-order valence-corrected chi connectivity index (χ4v) is 2.04. The average molecular weight is 227 g/mol. The maximum Gasteiger partial charge on any atom is 0.213 e. The first-order chi connectivity index (χ1) is 7.29. The van der Waals surface area contributed by atoms with E-state index in [-0.39, 0.29) is 0 Å². The van der Waals surface area contributed by atoms with Gasteiger partial charge in [-0.25, -0.2) is 4.98 Å². The van der Waals surface area contributed by atoms with Gasteiger partial charge in [-0.1, -0.05) is 11.6 Å². The molecule has 0 unspecified atom stereocenters. The molecule has 1 aliphatic carbocycles. The Balaban J connectivity index is 2.07. The predicted molar refractivity (Wildman–Crippen MR) is 60.0 cm³/mol. The molecule has 15 heavy (non-hydrogen) atoms. The van der Waals surface area contributed by atoms with Gasteiger partial charge in [0.1, 0.15) is 6.10 Å². The van der Waals surface area contributed by atoms with Gasteiger partial charge < -0.3 is 10.5 Å².